The van der Waals surface area contributed by atoms with E-state index in [-0.39, 0.29) is 17.9 Å². The summed E-state index contributed by atoms with van der Waals surface area (Å²) in [6.07, 6.45) is 7.16. The van der Waals surface area contributed by atoms with Gasteiger partial charge in [0.05, 0.1) is 11.4 Å². The summed E-state index contributed by atoms with van der Waals surface area (Å²) < 4.78 is 1.70. The third kappa shape index (κ3) is 5.43. The van der Waals surface area contributed by atoms with Crippen molar-refractivity contribution in [3.63, 3.8) is 0 Å². The Kier molecular flexibility index (Phi) is 7.19. The molecule has 1 aliphatic carbocycles. The lowest BCUT2D eigenvalue weighted by atomic mass is 9.87. The monoisotopic (exact) mass is 490 g/mol. The molecular formula is C28H31ClN4O2. The first kappa shape index (κ1) is 23.6. The molecule has 0 bridgehead atoms. The van der Waals surface area contributed by atoms with Crippen molar-refractivity contribution in [3.05, 3.63) is 71.4 Å². The molecule has 0 radical (unpaired) electrons. The van der Waals surface area contributed by atoms with Gasteiger partial charge >= 0.3 is 0 Å². The van der Waals surface area contributed by atoms with Crippen LogP contribution in [0.15, 0.2) is 60.7 Å². The zero-order valence-electron chi connectivity index (χ0n) is 19.8. The number of nitrogens with one attached hydrogen (secondary N) is 1. The van der Waals surface area contributed by atoms with E-state index in [4.69, 9.17) is 16.7 Å². The zero-order valence-corrected chi connectivity index (χ0v) is 20.6. The molecule has 1 N–H and O–H groups in total. The third-order valence-corrected chi connectivity index (χ3v) is 7.43. The van der Waals surface area contributed by atoms with E-state index in [0.717, 1.165) is 49.8 Å². The number of para-hydroxylation sites is 1. The van der Waals surface area contributed by atoms with Crippen LogP contribution >= 0.6 is 11.6 Å². The Bertz CT molecular complexity index is 1160. The molecule has 1 aromatic heterocycles. The molecule has 0 atom stereocenters. The van der Waals surface area contributed by atoms with E-state index in [1.54, 1.807) is 4.68 Å². The highest BCUT2D eigenvalue weighted by Gasteiger charge is 2.30. The molecule has 182 valence electrons. The fraction of sp³-hybridized carbons (Fsp3) is 0.393. The lowest BCUT2D eigenvalue weighted by molar-refractivity contribution is -0.137. The fourth-order valence-electron chi connectivity index (χ4n) is 5.18. The van der Waals surface area contributed by atoms with E-state index in [0.29, 0.717) is 35.4 Å². The quantitative estimate of drug-likeness (QED) is 0.514. The van der Waals surface area contributed by atoms with Crippen molar-refractivity contribution in [1.29, 1.82) is 0 Å². The van der Waals surface area contributed by atoms with E-state index in [2.05, 4.69) is 5.32 Å². The van der Waals surface area contributed by atoms with Gasteiger partial charge in [-0.2, -0.15) is 5.10 Å². The van der Waals surface area contributed by atoms with Gasteiger partial charge in [-0.1, -0.05) is 61.2 Å². The molecule has 1 aliphatic heterocycles. The van der Waals surface area contributed by atoms with Gasteiger partial charge in [0.2, 0.25) is 5.91 Å². The van der Waals surface area contributed by atoms with Crippen LogP contribution in [0.1, 0.15) is 55.4 Å². The number of likely N-dealkylation sites (tertiary alicyclic amines) is 1. The van der Waals surface area contributed by atoms with Crippen LogP contribution in [0, 0.1) is 5.92 Å². The van der Waals surface area contributed by atoms with Crippen LogP contribution in [0.3, 0.4) is 0 Å². The average Bonchev–Trinajstić information content (AvgIpc) is 3.36. The molecule has 5 rings (SSSR count). The summed E-state index contributed by atoms with van der Waals surface area (Å²) in [5, 5.41) is 8.60. The molecule has 3 aromatic rings. The average molecular weight is 491 g/mol. The first-order valence-electron chi connectivity index (χ1n) is 12.6. The lowest BCUT2D eigenvalue weighted by Crippen LogP contribution is -2.48. The van der Waals surface area contributed by atoms with E-state index in [9.17, 15) is 9.59 Å². The van der Waals surface area contributed by atoms with Crippen molar-refractivity contribution in [1.82, 2.24) is 20.0 Å². The Hall–Kier alpha value is -3.12. The number of piperidine rings is 1. The number of aromatic nitrogens is 2. The summed E-state index contributed by atoms with van der Waals surface area (Å²) in [5.41, 5.74) is 2.92. The van der Waals surface area contributed by atoms with Crippen LogP contribution in [0.4, 0.5) is 0 Å². The number of hydrogen-bond acceptors (Lipinski definition) is 3. The zero-order chi connectivity index (χ0) is 24.2. The molecule has 6 nitrogen and oxygen atoms in total. The standard InChI is InChI=1S/C28H31ClN4O2/c29-22-13-11-20(12-14-22)25-19-26(33(31-25)24-9-5-2-6-10-24)27(34)30-23-15-17-32(18-16-23)28(35)21-7-3-1-4-8-21/h2,5-6,9-14,19,21,23H,1,3-4,7-8,15-18H2,(H,30,34). The van der Waals surface area contributed by atoms with Gasteiger partial charge in [-0.25, -0.2) is 4.68 Å². The van der Waals surface area contributed by atoms with E-state index >= 15 is 0 Å². The van der Waals surface area contributed by atoms with E-state index in [1.165, 1.54) is 6.42 Å². The molecular weight excluding hydrogens is 460 g/mol. The topological polar surface area (TPSA) is 67.2 Å². The van der Waals surface area contributed by atoms with Crippen molar-refractivity contribution in [3.8, 4) is 16.9 Å². The Morgan fingerprint density at radius 3 is 2.26 bits per heavy atom. The Morgan fingerprint density at radius 2 is 1.57 bits per heavy atom. The molecule has 1 saturated heterocycles. The first-order chi connectivity index (χ1) is 17.1. The van der Waals surface area contributed by atoms with Crippen LogP contribution in [0.5, 0.6) is 0 Å². The smallest absolute Gasteiger partial charge is 0.270 e. The highest BCUT2D eigenvalue weighted by molar-refractivity contribution is 6.30. The Labute approximate surface area is 211 Å². The number of hydrogen-bond donors (Lipinski definition) is 1. The van der Waals surface area contributed by atoms with Gasteiger partial charge in [0.25, 0.3) is 5.91 Å². The van der Waals surface area contributed by atoms with Gasteiger partial charge in [0, 0.05) is 35.6 Å². The highest BCUT2D eigenvalue weighted by atomic mass is 35.5. The second-order valence-corrected chi connectivity index (χ2v) is 10.0. The summed E-state index contributed by atoms with van der Waals surface area (Å²) in [4.78, 5) is 28.3. The largest absolute Gasteiger partial charge is 0.348 e. The maximum absolute atomic E-state index is 13.4. The van der Waals surface area contributed by atoms with Crippen LogP contribution in [-0.4, -0.2) is 45.6 Å². The fourth-order valence-corrected chi connectivity index (χ4v) is 5.31. The first-order valence-corrected chi connectivity index (χ1v) is 13.0. The maximum atomic E-state index is 13.4. The summed E-state index contributed by atoms with van der Waals surface area (Å²) in [6.45, 7) is 1.41. The summed E-state index contributed by atoms with van der Waals surface area (Å²) in [6, 6.07) is 19.0. The number of nitrogens with zero attached hydrogens (tertiary/aromatic N) is 3. The van der Waals surface area contributed by atoms with Crippen molar-refractivity contribution in [2.45, 2.75) is 51.0 Å². The summed E-state index contributed by atoms with van der Waals surface area (Å²) in [5.74, 6) is 0.351. The van der Waals surface area contributed by atoms with E-state index < -0.39 is 0 Å². The molecule has 7 heteroatoms. The van der Waals surface area contributed by atoms with Crippen molar-refractivity contribution in [2.24, 2.45) is 5.92 Å². The molecule has 2 amide bonds. The number of amides is 2. The minimum Gasteiger partial charge on any atom is -0.348 e. The molecule has 1 saturated carbocycles. The Morgan fingerprint density at radius 1 is 0.886 bits per heavy atom. The van der Waals surface area contributed by atoms with Gasteiger partial charge < -0.3 is 10.2 Å². The van der Waals surface area contributed by atoms with Gasteiger partial charge in [0.1, 0.15) is 5.69 Å². The van der Waals surface area contributed by atoms with Crippen molar-refractivity contribution in [2.75, 3.05) is 13.1 Å². The number of carbonyl (C=O) groups is 2. The highest BCUT2D eigenvalue weighted by Crippen LogP contribution is 2.27. The van der Waals surface area contributed by atoms with Gasteiger partial charge in [-0.05, 0) is 56.0 Å². The predicted molar refractivity (Wildman–Crippen MR) is 138 cm³/mol. The minimum absolute atomic E-state index is 0.0380. The molecule has 0 spiro atoms. The summed E-state index contributed by atoms with van der Waals surface area (Å²) in [7, 11) is 0. The lowest BCUT2D eigenvalue weighted by Gasteiger charge is -2.35. The number of carbonyl (C=O) groups excluding carboxylic acids is 2. The SMILES string of the molecule is O=C(NC1CCN(C(=O)C2CCCCC2)CC1)c1cc(-c2ccc(Cl)cc2)nn1-c1ccccc1. The molecule has 2 aliphatic rings. The second-order valence-electron chi connectivity index (χ2n) is 9.58. The normalized spacial score (nSPS) is 17.3. The maximum Gasteiger partial charge on any atom is 0.270 e. The van der Waals surface area contributed by atoms with Crippen LogP contribution in [0.25, 0.3) is 16.9 Å². The Balaban J connectivity index is 1.29. The number of rotatable bonds is 5. The number of halogens is 1. The van der Waals surface area contributed by atoms with Gasteiger partial charge in [0.15, 0.2) is 0 Å². The molecule has 0 unspecified atom stereocenters. The van der Waals surface area contributed by atoms with Crippen molar-refractivity contribution < 1.29 is 9.59 Å². The predicted octanol–water partition coefficient (Wildman–Crippen LogP) is 5.49. The number of benzene rings is 2. The second kappa shape index (κ2) is 10.6. The molecule has 2 aromatic carbocycles. The minimum atomic E-state index is -0.154. The van der Waals surface area contributed by atoms with Crippen LogP contribution in [-0.2, 0) is 4.79 Å². The van der Waals surface area contributed by atoms with Crippen LogP contribution in [0.2, 0.25) is 5.02 Å². The molecule has 2 fully saturated rings. The van der Waals surface area contributed by atoms with Crippen LogP contribution < -0.4 is 5.32 Å². The van der Waals surface area contributed by atoms with Gasteiger partial charge in [-0.3, -0.25) is 9.59 Å². The van der Waals surface area contributed by atoms with E-state index in [1.807, 2.05) is 65.6 Å². The molecule has 35 heavy (non-hydrogen) atoms. The van der Waals surface area contributed by atoms with Crippen molar-refractivity contribution >= 4 is 23.4 Å². The summed E-state index contributed by atoms with van der Waals surface area (Å²) >= 11 is 6.05. The van der Waals surface area contributed by atoms with Gasteiger partial charge in [-0.15, -0.1) is 0 Å². The molecule has 2 heterocycles. The third-order valence-electron chi connectivity index (χ3n) is 7.18.